The number of rotatable bonds is 3. The molecule has 1 aliphatic heterocycles. The van der Waals surface area contributed by atoms with Crippen LogP contribution in [0.4, 0.5) is 0 Å². The minimum Gasteiger partial charge on any atom is -0.337 e. The maximum Gasteiger partial charge on any atom is 0.271 e. The Hall–Kier alpha value is -1.56. The van der Waals surface area contributed by atoms with Crippen LogP contribution < -0.4 is 5.73 Å². The number of halogens is 2. The van der Waals surface area contributed by atoms with Crippen molar-refractivity contribution >= 4 is 29.9 Å². The molecule has 130 valence electrons. The molecule has 2 unspecified atom stereocenters. The van der Waals surface area contributed by atoms with Gasteiger partial charge in [-0.15, -0.1) is 12.4 Å². The van der Waals surface area contributed by atoms with E-state index in [0.717, 1.165) is 24.9 Å². The number of nitrogens with zero attached hydrogens (tertiary/aromatic N) is 2. The van der Waals surface area contributed by atoms with Crippen molar-refractivity contribution in [2.24, 2.45) is 11.7 Å². The second-order valence-corrected chi connectivity index (χ2v) is 6.57. The number of amides is 1. The molecule has 2 atom stereocenters. The van der Waals surface area contributed by atoms with Gasteiger partial charge in [0.15, 0.2) is 0 Å². The Kier molecular flexibility index (Phi) is 6.27. The van der Waals surface area contributed by atoms with E-state index in [1.807, 2.05) is 36.1 Å². The first-order valence-corrected chi connectivity index (χ1v) is 8.29. The Balaban J connectivity index is 0.00000208. The Morgan fingerprint density at radius 1 is 1.46 bits per heavy atom. The van der Waals surface area contributed by atoms with Crippen LogP contribution in [0.15, 0.2) is 30.3 Å². The second-order valence-electron chi connectivity index (χ2n) is 6.16. The lowest BCUT2D eigenvalue weighted by Crippen LogP contribution is -2.45. The van der Waals surface area contributed by atoms with Gasteiger partial charge in [0.05, 0.1) is 10.7 Å². The highest BCUT2D eigenvalue weighted by molar-refractivity contribution is 6.33. The number of hydrogen-bond acceptors (Lipinski definition) is 3. The van der Waals surface area contributed by atoms with Crippen LogP contribution in [0.3, 0.4) is 0 Å². The molecule has 3 N–H and O–H groups in total. The largest absolute Gasteiger partial charge is 0.337 e. The quantitative estimate of drug-likeness (QED) is 0.871. The topological polar surface area (TPSA) is 75.0 Å². The number of piperidine rings is 1. The summed E-state index contributed by atoms with van der Waals surface area (Å²) in [5, 5.41) is 7.70. The molecule has 0 aliphatic carbocycles. The van der Waals surface area contributed by atoms with Gasteiger partial charge in [0.25, 0.3) is 5.91 Å². The summed E-state index contributed by atoms with van der Waals surface area (Å²) in [4.78, 5) is 14.5. The maximum absolute atomic E-state index is 12.7. The van der Waals surface area contributed by atoms with Gasteiger partial charge in [0, 0.05) is 24.7 Å². The van der Waals surface area contributed by atoms with Crippen molar-refractivity contribution in [3.8, 4) is 11.3 Å². The number of likely N-dealkylation sites (tertiary alicyclic amines) is 1. The van der Waals surface area contributed by atoms with Crippen molar-refractivity contribution in [2.45, 2.75) is 25.8 Å². The summed E-state index contributed by atoms with van der Waals surface area (Å²) in [5.74, 6) is 0.333. The average molecular weight is 369 g/mol. The molecule has 5 nitrogen and oxygen atoms in total. The maximum atomic E-state index is 12.7. The van der Waals surface area contributed by atoms with Crippen LogP contribution >= 0.6 is 24.0 Å². The fourth-order valence-corrected chi connectivity index (χ4v) is 3.26. The molecular weight excluding hydrogens is 347 g/mol. The van der Waals surface area contributed by atoms with Crippen LogP contribution in [-0.2, 0) is 0 Å². The van der Waals surface area contributed by atoms with Crippen LogP contribution in [0.5, 0.6) is 0 Å². The minimum absolute atomic E-state index is 0. The second kappa shape index (κ2) is 8.01. The van der Waals surface area contributed by atoms with Crippen LogP contribution in [-0.4, -0.2) is 40.1 Å². The van der Waals surface area contributed by atoms with E-state index in [4.69, 9.17) is 17.3 Å². The molecule has 0 spiro atoms. The summed E-state index contributed by atoms with van der Waals surface area (Å²) >= 11 is 6.19. The molecule has 1 amide bonds. The highest BCUT2D eigenvalue weighted by atomic mass is 35.5. The smallest absolute Gasteiger partial charge is 0.271 e. The summed E-state index contributed by atoms with van der Waals surface area (Å²) in [6, 6.07) is 9.33. The first kappa shape index (κ1) is 18.8. The monoisotopic (exact) mass is 368 g/mol. The SMILES string of the molecule is CC(N)C1CCCN(C(=O)c2cc(-c3ccccc3Cl)n[nH]2)C1.Cl. The van der Waals surface area contributed by atoms with E-state index in [1.165, 1.54) is 0 Å². The van der Waals surface area contributed by atoms with Crippen molar-refractivity contribution in [3.05, 3.63) is 41.0 Å². The summed E-state index contributed by atoms with van der Waals surface area (Å²) in [6.45, 7) is 3.48. The van der Waals surface area contributed by atoms with Crippen LogP contribution in [0.25, 0.3) is 11.3 Å². The Bertz CT molecular complexity index is 701. The third-order valence-corrected chi connectivity index (χ3v) is 4.78. The predicted octanol–water partition coefficient (Wildman–Crippen LogP) is 3.35. The molecule has 3 rings (SSSR count). The normalized spacial score (nSPS) is 18.8. The number of carbonyl (C=O) groups excluding carboxylic acids is 1. The van der Waals surface area contributed by atoms with Gasteiger partial charge in [-0.25, -0.2) is 0 Å². The summed E-state index contributed by atoms with van der Waals surface area (Å²) in [5.41, 5.74) is 7.98. The molecule has 1 aromatic carbocycles. The van der Waals surface area contributed by atoms with Gasteiger partial charge in [-0.3, -0.25) is 9.89 Å². The molecule has 0 radical (unpaired) electrons. The molecule has 7 heteroatoms. The lowest BCUT2D eigenvalue weighted by molar-refractivity contribution is 0.0655. The van der Waals surface area contributed by atoms with E-state index >= 15 is 0 Å². The van der Waals surface area contributed by atoms with Crippen LogP contribution in [0.2, 0.25) is 5.02 Å². The van der Waals surface area contributed by atoms with E-state index in [0.29, 0.717) is 28.9 Å². The fraction of sp³-hybridized carbons (Fsp3) is 0.412. The van der Waals surface area contributed by atoms with Crippen LogP contribution in [0.1, 0.15) is 30.3 Å². The molecule has 2 heterocycles. The third-order valence-electron chi connectivity index (χ3n) is 4.45. The Morgan fingerprint density at radius 2 is 2.21 bits per heavy atom. The molecule has 1 aromatic heterocycles. The van der Waals surface area contributed by atoms with Crippen molar-refractivity contribution in [1.82, 2.24) is 15.1 Å². The highest BCUT2D eigenvalue weighted by Crippen LogP contribution is 2.27. The fourth-order valence-electron chi connectivity index (χ4n) is 3.03. The van der Waals surface area contributed by atoms with E-state index < -0.39 is 0 Å². The van der Waals surface area contributed by atoms with Gasteiger partial charge in [0.2, 0.25) is 0 Å². The number of nitrogens with one attached hydrogen (secondary N) is 1. The first-order chi connectivity index (χ1) is 11.1. The zero-order valence-electron chi connectivity index (χ0n) is 13.5. The number of aromatic nitrogens is 2. The zero-order valence-corrected chi connectivity index (χ0v) is 15.1. The first-order valence-electron chi connectivity index (χ1n) is 7.91. The molecule has 1 saturated heterocycles. The van der Waals surface area contributed by atoms with E-state index in [1.54, 1.807) is 6.07 Å². The number of nitrogens with two attached hydrogens (primary N) is 1. The third kappa shape index (κ3) is 3.91. The molecule has 2 aromatic rings. The number of benzene rings is 1. The van der Waals surface area contributed by atoms with E-state index in [2.05, 4.69) is 10.2 Å². The number of H-pyrrole nitrogens is 1. The van der Waals surface area contributed by atoms with E-state index in [-0.39, 0.29) is 24.4 Å². The van der Waals surface area contributed by atoms with Gasteiger partial charge in [-0.2, -0.15) is 5.10 Å². The summed E-state index contributed by atoms with van der Waals surface area (Å²) in [7, 11) is 0. The lowest BCUT2D eigenvalue weighted by Gasteiger charge is -2.34. The average Bonchev–Trinajstić information content (AvgIpc) is 3.04. The van der Waals surface area contributed by atoms with Crippen molar-refractivity contribution in [3.63, 3.8) is 0 Å². The zero-order chi connectivity index (χ0) is 16.4. The van der Waals surface area contributed by atoms with Gasteiger partial charge in [-0.1, -0.05) is 29.8 Å². The number of hydrogen-bond donors (Lipinski definition) is 2. The summed E-state index contributed by atoms with van der Waals surface area (Å²) in [6.07, 6.45) is 2.07. The number of carbonyl (C=O) groups is 1. The Morgan fingerprint density at radius 3 is 2.92 bits per heavy atom. The summed E-state index contributed by atoms with van der Waals surface area (Å²) < 4.78 is 0. The van der Waals surface area contributed by atoms with Gasteiger partial charge in [0.1, 0.15) is 5.69 Å². The molecule has 0 bridgehead atoms. The number of aromatic amines is 1. The molecule has 1 fully saturated rings. The van der Waals surface area contributed by atoms with Gasteiger partial charge < -0.3 is 10.6 Å². The lowest BCUT2D eigenvalue weighted by atomic mass is 9.92. The molecule has 24 heavy (non-hydrogen) atoms. The predicted molar refractivity (Wildman–Crippen MR) is 98.6 cm³/mol. The van der Waals surface area contributed by atoms with Gasteiger partial charge in [-0.05, 0) is 37.8 Å². The van der Waals surface area contributed by atoms with Gasteiger partial charge >= 0.3 is 0 Å². The van der Waals surface area contributed by atoms with Crippen molar-refractivity contribution < 1.29 is 4.79 Å². The standard InChI is InChI=1S/C17H21ClN4O.ClH/c1-11(19)12-5-4-8-22(10-12)17(23)16-9-15(20-21-16)13-6-2-3-7-14(13)18;/h2-3,6-7,9,11-12H,4-5,8,10,19H2,1H3,(H,20,21);1H. The molecular formula is C17H22Cl2N4O. The Labute approximate surface area is 153 Å². The molecule has 1 aliphatic rings. The van der Waals surface area contributed by atoms with E-state index in [9.17, 15) is 4.79 Å². The van der Waals surface area contributed by atoms with Crippen molar-refractivity contribution in [1.29, 1.82) is 0 Å². The molecule has 0 saturated carbocycles. The highest BCUT2D eigenvalue weighted by Gasteiger charge is 2.27. The minimum atomic E-state index is -0.0267. The van der Waals surface area contributed by atoms with Crippen molar-refractivity contribution in [2.75, 3.05) is 13.1 Å². The van der Waals surface area contributed by atoms with Crippen LogP contribution in [0, 0.1) is 5.92 Å².